The quantitative estimate of drug-likeness (QED) is 0.103. The molecule has 266 valence electrons. The van der Waals surface area contributed by atoms with E-state index in [1.165, 1.54) is 0 Å². The Hall–Kier alpha value is -0.760. The Labute approximate surface area is 259 Å². The summed E-state index contributed by atoms with van der Waals surface area (Å²) in [5, 5.41) is 126. The number of β-amino-alcohol motifs (C(OH)–C–C–N with tert-alkyl or cyclic N) is 1. The monoisotopic (exact) mass is 663 g/mol. The van der Waals surface area contributed by atoms with Gasteiger partial charge in [0.1, 0.15) is 79.4 Å². The third kappa shape index (κ3) is 7.94. The van der Waals surface area contributed by atoms with E-state index >= 15 is 0 Å². The molecule has 0 aromatic rings. The molecule has 4 heterocycles. The number of aliphatic hydroxyl groups excluding tert-OH is 12. The first-order valence-electron chi connectivity index (χ1n) is 14.5. The number of hydrogen-bond acceptors (Lipinski definition) is 19. The number of hydrogen-bond donors (Lipinski definition) is 13. The molecule has 0 aliphatic carbocycles. The summed E-state index contributed by atoms with van der Waals surface area (Å²) >= 11 is 0. The fourth-order valence-corrected chi connectivity index (χ4v) is 5.80. The summed E-state index contributed by atoms with van der Waals surface area (Å²) in [5.74, 6) is 0. The van der Waals surface area contributed by atoms with Crippen molar-refractivity contribution in [2.75, 3.05) is 26.4 Å². The highest BCUT2D eigenvalue weighted by molar-refractivity contribution is 4.98. The van der Waals surface area contributed by atoms with Crippen molar-refractivity contribution >= 4 is 0 Å². The summed E-state index contributed by atoms with van der Waals surface area (Å²) in [6, 6.07) is -0.862. The zero-order valence-corrected chi connectivity index (χ0v) is 23.8. The molecule has 4 rings (SSSR count). The number of ether oxygens (including phenoxy) is 6. The van der Waals surface area contributed by atoms with Gasteiger partial charge >= 0.3 is 0 Å². The molecule has 0 spiro atoms. The lowest BCUT2D eigenvalue weighted by Crippen LogP contribution is -2.67. The number of aliphatic hydroxyl groups is 12. The minimum atomic E-state index is -1.87. The van der Waals surface area contributed by atoms with E-state index < -0.39 is 136 Å². The van der Waals surface area contributed by atoms with Gasteiger partial charge in [0, 0.05) is 6.54 Å². The third-order valence-electron chi connectivity index (χ3n) is 8.50. The Kier molecular flexibility index (Phi) is 14.2. The predicted octanol–water partition coefficient (Wildman–Crippen LogP) is -7.44. The Morgan fingerprint density at radius 3 is 1.47 bits per heavy atom. The van der Waals surface area contributed by atoms with Crippen LogP contribution in [0.15, 0.2) is 0 Å². The van der Waals surface area contributed by atoms with Gasteiger partial charge in [-0.25, -0.2) is 0 Å². The minimum Gasteiger partial charge on any atom is -0.395 e. The number of piperidine rings is 1. The zero-order chi connectivity index (χ0) is 32.5. The normalized spacial score (nSPS) is 51.0. The maximum atomic E-state index is 10.9. The van der Waals surface area contributed by atoms with Crippen molar-refractivity contribution in [1.82, 2.24) is 5.32 Å². The van der Waals surface area contributed by atoms with Crippen molar-refractivity contribution in [2.24, 2.45) is 0 Å². The van der Waals surface area contributed by atoms with E-state index in [2.05, 4.69) is 5.32 Å². The Bertz CT molecular complexity index is 885. The third-order valence-corrected chi connectivity index (χ3v) is 8.50. The van der Waals surface area contributed by atoms with Crippen LogP contribution in [0, 0.1) is 0 Å². The Morgan fingerprint density at radius 2 is 0.978 bits per heavy atom. The van der Waals surface area contributed by atoms with Gasteiger partial charge in [0.25, 0.3) is 0 Å². The van der Waals surface area contributed by atoms with Crippen LogP contribution in [0.25, 0.3) is 0 Å². The topological polar surface area (TPSA) is 310 Å². The van der Waals surface area contributed by atoms with Crippen LogP contribution >= 0.6 is 0 Å². The molecular formula is C26H49NO18. The van der Waals surface area contributed by atoms with Crippen molar-refractivity contribution in [1.29, 1.82) is 0 Å². The first-order valence-corrected chi connectivity index (χ1v) is 14.5. The van der Waals surface area contributed by atoms with Gasteiger partial charge in [-0.05, 0) is 6.42 Å². The van der Waals surface area contributed by atoms with Gasteiger partial charge in [-0.15, -0.1) is 0 Å². The SMILES string of the molecule is C.CCC1OC(OC2C(CO)OC(OC3C(CO)NCC(O)C3O)C(O)C2O)C(O)C(O)C1OC1OC(CO)C(O)C(O)C1O. The van der Waals surface area contributed by atoms with Crippen molar-refractivity contribution in [2.45, 2.75) is 137 Å². The summed E-state index contributed by atoms with van der Waals surface area (Å²) in [5.41, 5.74) is 0. The predicted molar refractivity (Wildman–Crippen MR) is 145 cm³/mol. The highest BCUT2D eigenvalue weighted by Gasteiger charge is 2.54. The molecule has 19 heteroatoms. The van der Waals surface area contributed by atoms with E-state index in [1.54, 1.807) is 6.92 Å². The van der Waals surface area contributed by atoms with Gasteiger partial charge in [-0.2, -0.15) is 0 Å². The molecule has 4 fully saturated rings. The first kappa shape index (κ1) is 38.7. The molecule has 4 aliphatic heterocycles. The highest BCUT2D eigenvalue weighted by Crippen LogP contribution is 2.34. The summed E-state index contributed by atoms with van der Waals surface area (Å²) in [4.78, 5) is 0. The van der Waals surface area contributed by atoms with Crippen LogP contribution < -0.4 is 5.32 Å². The molecule has 0 bridgehead atoms. The van der Waals surface area contributed by atoms with E-state index in [0.717, 1.165) is 0 Å². The molecule has 0 aromatic heterocycles. The number of nitrogens with one attached hydrogen (secondary N) is 1. The van der Waals surface area contributed by atoms with Gasteiger partial charge < -0.3 is 95.0 Å². The van der Waals surface area contributed by atoms with Gasteiger partial charge in [0.15, 0.2) is 18.9 Å². The van der Waals surface area contributed by atoms with Crippen LogP contribution in [0.3, 0.4) is 0 Å². The fraction of sp³-hybridized carbons (Fsp3) is 1.00. The molecule has 0 saturated carbocycles. The maximum absolute atomic E-state index is 10.9. The summed E-state index contributed by atoms with van der Waals surface area (Å²) in [6.07, 6.45) is -28.1. The first-order chi connectivity index (χ1) is 20.9. The molecule has 19 nitrogen and oxygen atoms in total. The van der Waals surface area contributed by atoms with Gasteiger partial charge in [0.05, 0.1) is 38.1 Å². The second kappa shape index (κ2) is 16.6. The molecule has 0 aromatic carbocycles. The minimum absolute atomic E-state index is 0. The standard InChI is InChI=1S/C25H45NO18.CH4/c1-2-9-21(43-23-17(36)14(33)13(32)10(5-28)40-23)15(34)18(37)24(39-9)44-22-11(6-29)41-25(19(38)16(22)35)42-20-7(4-27)26-3-8(30)12(20)31;/h7-38H,2-6H2,1H3;1H4. The smallest absolute Gasteiger partial charge is 0.187 e. The van der Waals surface area contributed by atoms with Crippen molar-refractivity contribution in [3.05, 3.63) is 0 Å². The second-order valence-corrected chi connectivity index (χ2v) is 11.4. The summed E-state index contributed by atoms with van der Waals surface area (Å²) < 4.78 is 33.7. The lowest BCUT2D eigenvalue weighted by atomic mass is 9.94. The van der Waals surface area contributed by atoms with E-state index in [-0.39, 0.29) is 20.4 Å². The number of rotatable bonds is 10. The van der Waals surface area contributed by atoms with Crippen LogP contribution in [0.1, 0.15) is 20.8 Å². The average Bonchev–Trinajstić information content (AvgIpc) is 3.02. The highest BCUT2D eigenvalue weighted by atomic mass is 16.8. The van der Waals surface area contributed by atoms with Crippen molar-refractivity contribution in [3.63, 3.8) is 0 Å². The van der Waals surface area contributed by atoms with Crippen LogP contribution in [0.2, 0.25) is 0 Å². The average molecular weight is 664 g/mol. The molecule has 19 unspecified atom stereocenters. The summed E-state index contributed by atoms with van der Waals surface area (Å²) in [7, 11) is 0. The molecule has 4 saturated heterocycles. The van der Waals surface area contributed by atoms with Gasteiger partial charge in [0.2, 0.25) is 0 Å². The van der Waals surface area contributed by atoms with Crippen LogP contribution in [-0.4, -0.2) is 204 Å². The molecule has 0 radical (unpaired) electrons. The molecule has 4 aliphatic rings. The van der Waals surface area contributed by atoms with Crippen LogP contribution in [-0.2, 0) is 28.4 Å². The second-order valence-electron chi connectivity index (χ2n) is 11.4. The zero-order valence-electron chi connectivity index (χ0n) is 23.8. The van der Waals surface area contributed by atoms with E-state index in [1.807, 2.05) is 0 Å². The van der Waals surface area contributed by atoms with Crippen molar-refractivity contribution in [3.8, 4) is 0 Å². The van der Waals surface area contributed by atoms with Gasteiger partial charge in [-0.1, -0.05) is 14.4 Å². The molecule has 45 heavy (non-hydrogen) atoms. The largest absolute Gasteiger partial charge is 0.395 e. The Balaban J connectivity index is 0.00000552. The fourth-order valence-electron chi connectivity index (χ4n) is 5.80. The van der Waals surface area contributed by atoms with E-state index in [4.69, 9.17) is 28.4 Å². The molecule has 13 N–H and O–H groups in total. The van der Waals surface area contributed by atoms with Crippen molar-refractivity contribution < 1.29 is 89.7 Å². The Morgan fingerprint density at radius 1 is 0.533 bits per heavy atom. The molecular weight excluding hydrogens is 614 g/mol. The van der Waals surface area contributed by atoms with Crippen LogP contribution in [0.4, 0.5) is 0 Å². The molecule has 19 atom stereocenters. The lowest BCUT2D eigenvalue weighted by molar-refractivity contribution is -0.381. The van der Waals surface area contributed by atoms with Crippen LogP contribution in [0.5, 0.6) is 0 Å². The summed E-state index contributed by atoms with van der Waals surface area (Å²) in [6.45, 7) is -0.435. The maximum Gasteiger partial charge on any atom is 0.187 e. The van der Waals surface area contributed by atoms with E-state index in [0.29, 0.717) is 0 Å². The lowest BCUT2D eigenvalue weighted by Gasteiger charge is -2.49. The van der Waals surface area contributed by atoms with Gasteiger partial charge in [-0.3, -0.25) is 0 Å². The van der Waals surface area contributed by atoms with E-state index in [9.17, 15) is 61.3 Å². The molecule has 0 amide bonds.